The molecule has 0 spiro atoms. The Kier molecular flexibility index (Phi) is 21.3. The Morgan fingerprint density at radius 1 is 0.597 bits per heavy atom. The largest absolute Gasteiger partial charge is 0.481 e. The predicted octanol–water partition coefficient (Wildman–Crippen LogP) is -6.17. The zero-order valence-electron chi connectivity index (χ0n) is 33.0. The minimum Gasteiger partial charge on any atom is -0.481 e. The molecule has 0 aliphatic rings. The van der Waals surface area contributed by atoms with Crippen LogP contribution in [0.15, 0.2) is 24.3 Å². The van der Waals surface area contributed by atoms with Gasteiger partial charge in [-0.1, -0.05) is 12.1 Å². The second-order valence-electron chi connectivity index (χ2n) is 13.7. The maximum Gasteiger partial charge on any atom is 0.356 e. The van der Waals surface area contributed by atoms with Gasteiger partial charge in [0.1, 0.15) is 36.3 Å². The van der Waals surface area contributed by atoms with Crippen LogP contribution in [0.25, 0.3) is 0 Å². The van der Waals surface area contributed by atoms with Gasteiger partial charge in [-0.2, -0.15) is 0 Å². The maximum atomic E-state index is 13.8. The van der Waals surface area contributed by atoms with Crippen molar-refractivity contribution >= 4 is 78.1 Å². The molecule has 0 saturated heterocycles. The molecule has 17 N–H and O–H groups in total. The van der Waals surface area contributed by atoms with Crippen molar-refractivity contribution in [2.75, 3.05) is 0 Å². The zero-order valence-corrected chi connectivity index (χ0v) is 33.9. The van der Waals surface area contributed by atoms with Crippen molar-refractivity contribution in [3.63, 3.8) is 0 Å². The summed E-state index contributed by atoms with van der Waals surface area (Å²) in [6.45, 7) is 2.13. The van der Waals surface area contributed by atoms with E-state index >= 15 is 0 Å². The predicted molar refractivity (Wildman–Crippen MR) is 206 cm³/mol. The monoisotopic (exact) mass is 904 g/mol. The number of aliphatic carboxylic acids is 4. The molecule has 0 unspecified atom stereocenters. The first-order valence-electron chi connectivity index (χ1n) is 18.2. The Morgan fingerprint density at radius 2 is 1.05 bits per heavy atom. The molecule has 1 aromatic carbocycles. The number of primary amides is 1. The summed E-state index contributed by atoms with van der Waals surface area (Å²) in [6, 6.07) is -8.37. The number of nitrogens with one attached hydrogen (secondary N) is 6. The van der Waals surface area contributed by atoms with Gasteiger partial charge in [0.05, 0.1) is 30.3 Å². The fourth-order valence-corrected chi connectivity index (χ4v) is 5.67. The van der Waals surface area contributed by atoms with Crippen LogP contribution < -0.4 is 48.7 Å². The van der Waals surface area contributed by atoms with E-state index < -0.39 is 171 Å². The van der Waals surface area contributed by atoms with Crippen LogP contribution in [0.4, 0.5) is 0 Å². The number of nitrogens with two attached hydrogens (primary N) is 2. The van der Waals surface area contributed by atoms with Gasteiger partial charge in [-0.25, -0.2) is 0 Å². The fraction of sp³-hybridized carbons (Fsp3) is 0.500. The van der Waals surface area contributed by atoms with E-state index in [0.29, 0.717) is 0 Å². The number of amides is 7. The molecule has 0 aromatic heterocycles. The van der Waals surface area contributed by atoms with Gasteiger partial charge < -0.3 is 78.7 Å². The summed E-state index contributed by atoms with van der Waals surface area (Å²) in [7, 11) is -4.74. The highest BCUT2D eigenvalue weighted by Crippen LogP contribution is 2.32. The lowest BCUT2D eigenvalue weighted by molar-refractivity contribution is -0.142. The fourth-order valence-electron chi connectivity index (χ4n) is 5.13. The van der Waals surface area contributed by atoms with E-state index in [1.807, 2.05) is 16.0 Å². The minimum absolute atomic E-state index is 0.112. The lowest BCUT2D eigenvalue weighted by Crippen LogP contribution is -2.61. The molecule has 0 radical (unpaired) electrons. The standard InChI is InChI=1S/C34H49N8O19P/c1-14(34(57)58)37-33(56)27(15(2)43)42-32(55)20(11-16-3-5-17(6-4-16)62(59,60)61)40-29(52)19(8-10-25(47)48)38-30(53)21(12-23(36)44)41-31(54)22(13-26(49)50)39-28(51)18(35)7-9-24(45)46/h3-6,14-15,18-22,27,43H,7-13,35H2,1-2H3,(H2,36,44)(H,37,56)(H,38,53)(H,39,51)(H,40,52)(H,41,54)(H,42,55)(H,45,46)(H,47,48)(H,49,50)(H,57,58)(H2,59,60,61)/t14-,15+,18-,19-,20-,21-,22-,27-/m0/s1. The molecular weight excluding hydrogens is 855 g/mol. The van der Waals surface area contributed by atoms with Crippen LogP contribution in [-0.4, -0.2) is 149 Å². The molecule has 0 bridgehead atoms. The van der Waals surface area contributed by atoms with Crippen molar-refractivity contribution in [2.24, 2.45) is 11.5 Å². The van der Waals surface area contributed by atoms with Gasteiger partial charge in [0, 0.05) is 19.3 Å². The number of carboxylic acid groups (broad SMARTS) is 4. The third kappa shape index (κ3) is 19.2. The maximum absolute atomic E-state index is 13.8. The number of carbonyl (C=O) groups excluding carboxylic acids is 7. The van der Waals surface area contributed by atoms with Crippen LogP contribution in [0.5, 0.6) is 0 Å². The summed E-state index contributed by atoms with van der Waals surface area (Å²) >= 11 is 0. The van der Waals surface area contributed by atoms with Crippen molar-refractivity contribution in [1.29, 1.82) is 0 Å². The van der Waals surface area contributed by atoms with E-state index in [4.69, 9.17) is 16.6 Å². The van der Waals surface area contributed by atoms with Crippen LogP contribution in [0.3, 0.4) is 0 Å². The van der Waals surface area contributed by atoms with Gasteiger partial charge in [0.15, 0.2) is 0 Å². The highest BCUT2D eigenvalue weighted by molar-refractivity contribution is 7.60. The Labute approximate surface area is 350 Å². The van der Waals surface area contributed by atoms with Crippen molar-refractivity contribution in [3.05, 3.63) is 29.8 Å². The molecule has 0 aliphatic heterocycles. The molecular formula is C34H49N8O19P. The zero-order chi connectivity index (χ0) is 47.6. The smallest absolute Gasteiger partial charge is 0.356 e. The Bertz CT molecular complexity index is 1910. The first-order valence-corrected chi connectivity index (χ1v) is 19.8. The molecule has 1 aromatic rings. The van der Waals surface area contributed by atoms with Crippen molar-refractivity contribution in [2.45, 2.75) is 107 Å². The first kappa shape index (κ1) is 53.5. The Balaban J connectivity index is 3.56. The second kappa shape index (κ2) is 24.7. The van der Waals surface area contributed by atoms with Gasteiger partial charge in [0.2, 0.25) is 41.4 Å². The average molecular weight is 905 g/mol. The molecule has 0 heterocycles. The van der Waals surface area contributed by atoms with Crippen LogP contribution in [0, 0.1) is 0 Å². The topological polar surface area (TPSA) is 471 Å². The highest BCUT2D eigenvalue weighted by Gasteiger charge is 2.36. The Hall–Kier alpha value is -6.54. The van der Waals surface area contributed by atoms with E-state index in [2.05, 4.69) is 16.0 Å². The van der Waals surface area contributed by atoms with Crippen LogP contribution in [0.2, 0.25) is 0 Å². The molecule has 8 atom stereocenters. The number of benzene rings is 1. The molecule has 344 valence electrons. The molecule has 28 heteroatoms. The second-order valence-corrected chi connectivity index (χ2v) is 15.3. The lowest BCUT2D eigenvalue weighted by Gasteiger charge is -2.28. The number of hydrogen-bond acceptors (Lipinski definition) is 14. The third-order valence-electron chi connectivity index (χ3n) is 8.47. The number of aliphatic hydroxyl groups excluding tert-OH is 1. The number of aliphatic hydroxyl groups is 1. The SMILES string of the molecule is C[C@H](NC(=O)[C@@H](NC(=O)[C@H](Cc1ccc(P(=O)(O)O)cc1)NC(=O)[C@H](CCC(=O)O)NC(=O)[C@H](CC(N)=O)NC(=O)[C@H](CC(=O)O)NC(=O)[C@@H](N)CCC(=O)O)[C@@H](C)O)C(=O)O. The van der Waals surface area contributed by atoms with E-state index in [1.165, 1.54) is 0 Å². The number of rotatable bonds is 27. The van der Waals surface area contributed by atoms with Gasteiger partial charge in [-0.3, -0.25) is 57.3 Å². The minimum atomic E-state index is -4.74. The summed E-state index contributed by atoms with van der Waals surface area (Å²) in [5.41, 5.74) is 11.0. The summed E-state index contributed by atoms with van der Waals surface area (Å²) in [5, 5.41) is 59.1. The third-order valence-corrected chi connectivity index (χ3v) is 9.44. The summed E-state index contributed by atoms with van der Waals surface area (Å²) in [6.07, 6.45) is -6.98. The lowest BCUT2D eigenvalue weighted by atomic mass is 10.0. The summed E-state index contributed by atoms with van der Waals surface area (Å²) < 4.78 is 11.7. The molecule has 0 fully saturated rings. The van der Waals surface area contributed by atoms with Gasteiger partial charge in [-0.15, -0.1) is 0 Å². The number of carbonyl (C=O) groups is 11. The van der Waals surface area contributed by atoms with Crippen molar-refractivity contribution in [1.82, 2.24) is 31.9 Å². The van der Waals surface area contributed by atoms with E-state index in [-0.39, 0.29) is 5.56 Å². The van der Waals surface area contributed by atoms with Gasteiger partial charge >= 0.3 is 31.5 Å². The van der Waals surface area contributed by atoms with E-state index in [1.54, 1.807) is 0 Å². The van der Waals surface area contributed by atoms with Crippen LogP contribution >= 0.6 is 7.60 Å². The summed E-state index contributed by atoms with van der Waals surface area (Å²) in [4.78, 5) is 156. The van der Waals surface area contributed by atoms with Crippen LogP contribution in [-0.2, 0) is 63.7 Å². The van der Waals surface area contributed by atoms with E-state index in [0.717, 1.165) is 38.1 Å². The van der Waals surface area contributed by atoms with Gasteiger partial charge in [0.25, 0.3) is 0 Å². The first-order chi connectivity index (χ1) is 28.6. The molecule has 1 rings (SSSR count). The normalized spacial score (nSPS) is 15.0. The number of carboxylic acids is 4. The average Bonchev–Trinajstić information content (AvgIpc) is 3.15. The van der Waals surface area contributed by atoms with Crippen molar-refractivity contribution < 1.29 is 92.6 Å². The number of hydrogen-bond donors (Lipinski definition) is 15. The molecule has 62 heavy (non-hydrogen) atoms. The van der Waals surface area contributed by atoms with Crippen LogP contribution in [0.1, 0.15) is 57.9 Å². The molecule has 0 aliphatic carbocycles. The molecule has 7 amide bonds. The molecule has 27 nitrogen and oxygen atoms in total. The highest BCUT2D eigenvalue weighted by atomic mass is 31.2. The quantitative estimate of drug-likeness (QED) is 0.0365. The Morgan fingerprint density at radius 3 is 1.52 bits per heavy atom. The summed E-state index contributed by atoms with van der Waals surface area (Å²) in [5.74, 6) is -14.9. The van der Waals surface area contributed by atoms with Gasteiger partial charge in [-0.05, 0) is 44.4 Å². The molecule has 0 saturated carbocycles. The van der Waals surface area contributed by atoms with Crippen molar-refractivity contribution in [3.8, 4) is 0 Å². The van der Waals surface area contributed by atoms with E-state index in [9.17, 15) is 87.5 Å².